The zero-order chi connectivity index (χ0) is 15.4. The van der Waals surface area contributed by atoms with E-state index in [1.54, 1.807) is 0 Å². The van der Waals surface area contributed by atoms with Gasteiger partial charge in [-0.3, -0.25) is 14.6 Å². The van der Waals surface area contributed by atoms with Gasteiger partial charge >= 0.3 is 0 Å². The SMILES string of the molecule is CC(C)NC(=O)C1COCCN1C(=O)c1cncc(O)c1. The third-order valence-electron chi connectivity index (χ3n) is 3.09. The third-order valence-corrected chi connectivity index (χ3v) is 3.09. The summed E-state index contributed by atoms with van der Waals surface area (Å²) in [5, 5.41) is 12.2. The van der Waals surface area contributed by atoms with Crippen LogP contribution in [-0.4, -0.2) is 58.6 Å². The van der Waals surface area contributed by atoms with Crippen LogP contribution in [0.3, 0.4) is 0 Å². The van der Waals surface area contributed by atoms with Crippen LogP contribution >= 0.6 is 0 Å². The lowest BCUT2D eigenvalue weighted by molar-refractivity contribution is -0.131. The van der Waals surface area contributed by atoms with Gasteiger partial charge in [0.15, 0.2) is 0 Å². The minimum atomic E-state index is -0.670. The summed E-state index contributed by atoms with van der Waals surface area (Å²) >= 11 is 0. The van der Waals surface area contributed by atoms with Crippen molar-refractivity contribution < 1.29 is 19.4 Å². The Kier molecular flexibility index (Phi) is 4.74. The van der Waals surface area contributed by atoms with Crippen molar-refractivity contribution in [2.45, 2.75) is 25.9 Å². The molecule has 7 nitrogen and oxygen atoms in total. The van der Waals surface area contributed by atoms with Crippen LogP contribution in [0.4, 0.5) is 0 Å². The highest BCUT2D eigenvalue weighted by Gasteiger charge is 2.33. The number of pyridine rings is 1. The van der Waals surface area contributed by atoms with Crippen LogP contribution in [0.1, 0.15) is 24.2 Å². The van der Waals surface area contributed by atoms with E-state index in [1.165, 1.54) is 23.4 Å². The van der Waals surface area contributed by atoms with Crippen molar-refractivity contribution in [1.29, 1.82) is 0 Å². The number of amides is 2. The fourth-order valence-electron chi connectivity index (χ4n) is 2.16. The second-order valence-corrected chi connectivity index (χ2v) is 5.18. The van der Waals surface area contributed by atoms with Crippen molar-refractivity contribution in [1.82, 2.24) is 15.2 Å². The Morgan fingerprint density at radius 1 is 1.48 bits per heavy atom. The molecule has 1 fully saturated rings. The smallest absolute Gasteiger partial charge is 0.256 e. The molecule has 0 spiro atoms. The van der Waals surface area contributed by atoms with E-state index in [1.807, 2.05) is 13.8 Å². The number of hydrogen-bond acceptors (Lipinski definition) is 5. The summed E-state index contributed by atoms with van der Waals surface area (Å²) in [6.07, 6.45) is 2.62. The van der Waals surface area contributed by atoms with Gasteiger partial charge in [0.05, 0.1) is 25.0 Å². The first-order valence-corrected chi connectivity index (χ1v) is 6.82. The fraction of sp³-hybridized carbons (Fsp3) is 0.500. The maximum atomic E-state index is 12.5. The largest absolute Gasteiger partial charge is 0.506 e. The van der Waals surface area contributed by atoms with Crippen LogP contribution in [0.15, 0.2) is 18.5 Å². The molecule has 0 aromatic carbocycles. The Balaban J connectivity index is 2.18. The Bertz CT molecular complexity index is 533. The molecule has 114 valence electrons. The molecule has 1 aliphatic heterocycles. The van der Waals surface area contributed by atoms with Gasteiger partial charge in [0.2, 0.25) is 5.91 Å². The van der Waals surface area contributed by atoms with Gasteiger partial charge in [0.1, 0.15) is 11.8 Å². The number of aromatic nitrogens is 1. The van der Waals surface area contributed by atoms with Crippen LogP contribution in [0.2, 0.25) is 0 Å². The van der Waals surface area contributed by atoms with Crippen molar-refractivity contribution in [2.24, 2.45) is 0 Å². The molecule has 21 heavy (non-hydrogen) atoms. The van der Waals surface area contributed by atoms with Crippen molar-refractivity contribution in [3.63, 3.8) is 0 Å². The van der Waals surface area contributed by atoms with Crippen LogP contribution < -0.4 is 5.32 Å². The molecule has 0 bridgehead atoms. The van der Waals surface area contributed by atoms with E-state index in [-0.39, 0.29) is 35.8 Å². The third kappa shape index (κ3) is 3.69. The normalized spacial score (nSPS) is 18.6. The van der Waals surface area contributed by atoms with Crippen LogP contribution in [0.25, 0.3) is 0 Å². The van der Waals surface area contributed by atoms with E-state index < -0.39 is 6.04 Å². The van der Waals surface area contributed by atoms with E-state index in [2.05, 4.69) is 10.3 Å². The van der Waals surface area contributed by atoms with Gasteiger partial charge in [0, 0.05) is 18.8 Å². The van der Waals surface area contributed by atoms with Crippen molar-refractivity contribution in [3.8, 4) is 5.75 Å². The topological polar surface area (TPSA) is 91.8 Å². The number of morpholine rings is 1. The molecule has 0 aliphatic carbocycles. The first-order valence-electron chi connectivity index (χ1n) is 6.82. The Morgan fingerprint density at radius 3 is 2.90 bits per heavy atom. The van der Waals surface area contributed by atoms with Crippen LogP contribution in [0.5, 0.6) is 5.75 Å². The molecule has 1 aromatic heterocycles. The molecule has 2 N–H and O–H groups in total. The van der Waals surface area contributed by atoms with E-state index in [4.69, 9.17) is 4.74 Å². The van der Waals surface area contributed by atoms with Gasteiger partial charge in [-0.2, -0.15) is 0 Å². The number of aromatic hydroxyl groups is 1. The standard InChI is InChI=1S/C14H19N3O4/c1-9(2)16-13(19)12-8-21-4-3-17(12)14(20)10-5-11(18)7-15-6-10/h5-7,9,12,18H,3-4,8H2,1-2H3,(H,16,19). The number of carbonyl (C=O) groups is 2. The number of nitrogens with one attached hydrogen (secondary N) is 1. The first-order chi connectivity index (χ1) is 9.99. The zero-order valence-corrected chi connectivity index (χ0v) is 12.1. The molecule has 0 radical (unpaired) electrons. The molecule has 2 amide bonds. The fourth-order valence-corrected chi connectivity index (χ4v) is 2.16. The second-order valence-electron chi connectivity index (χ2n) is 5.18. The highest BCUT2D eigenvalue weighted by Crippen LogP contribution is 2.15. The number of carbonyl (C=O) groups excluding carboxylic acids is 2. The lowest BCUT2D eigenvalue weighted by Crippen LogP contribution is -2.56. The van der Waals surface area contributed by atoms with Crippen LogP contribution in [0, 0.1) is 0 Å². The van der Waals surface area contributed by atoms with Gasteiger partial charge in [0.25, 0.3) is 5.91 Å². The number of hydrogen-bond donors (Lipinski definition) is 2. The molecule has 0 saturated carbocycles. The first kappa shape index (κ1) is 15.2. The number of ether oxygens (including phenoxy) is 1. The molecule has 2 rings (SSSR count). The van der Waals surface area contributed by atoms with Crippen molar-refractivity contribution >= 4 is 11.8 Å². The Labute approximate surface area is 122 Å². The van der Waals surface area contributed by atoms with Gasteiger partial charge in [-0.25, -0.2) is 0 Å². The average molecular weight is 293 g/mol. The highest BCUT2D eigenvalue weighted by molar-refractivity contribution is 5.97. The van der Waals surface area contributed by atoms with E-state index in [0.717, 1.165) is 0 Å². The molecule has 2 heterocycles. The van der Waals surface area contributed by atoms with E-state index >= 15 is 0 Å². The molecule has 1 atom stereocenters. The molecule has 1 aromatic rings. The molecule has 7 heteroatoms. The predicted molar refractivity (Wildman–Crippen MR) is 74.8 cm³/mol. The summed E-state index contributed by atoms with van der Waals surface area (Å²) in [4.78, 5) is 29.9. The summed E-state index contributed by atoms with van der Waals surface area (Å²) in [5.74, 6) is -0.672. The average Bonchev–Trinajstić information content (AvgIpc) is 2.46. The van der Waals surface area contributed by atoms with Gasteiger partial charge in [-0.05, 0) is 19.9 Å². The minimum Gasteiger partial charge on any atom is -0.506 e. The summed E-state index contributed by atoms with van der Waals surface area (Å²) in [5.41, 5.74) is 0.249. The van der Waals surface area contributed by atoms with Gasteiger partial charge in [-0.15, -0.1) is 0 Å². The predicted octanol–water partition coefficient (Wildman–Crippen LogP) is 0.153. The van der Waals surface area contributed by atoms with E-state index in [0.29, 0.717) is 13.2 Å². The lowest BCUT2D eigenvalue weighted by Gasteiger charge is -2.35. The van der Waals surface area contributed by atoms with Crippen molar-refractivity contribution in [3.05, 3.63) is 24.0 Å². The lowest BCUT2D eigenvalue weighted by atomic mass is 10.1. The summed E-state index contributed by atoms with van der Waals surface area (Å²) in [6, 6.07) is 0.650. The maximum Gasteiger partial charge on any atom is 0.256 e. The summed E-state index contributed by atoms with van der Waals surface area (Å²) in [7, 11) is 0. The minimum absolute atomic E-state index is 0.0150. The Morgan fingerprint density at radius 2 is 2.24 bits per heavy atom. The van der Waals surface area contributed by atoms with Gasteiger partial charge < -0.3 is 20.1 Å². The molecular formula is C14H19N3O4. The zero-order valence-electron chi connectivity index (χ0n) is 12.1. The van der Waals surface area contributed by atoms with Gasteiger partial charge in [-0.1, -0.05) is 0 Å². The highest BCUT2D eigenvalue weighted by atomic mass is 16.5. The monoisotopic (exact) mass is 293 g/mol. The maximum absolute atomic E-state index is 12.5. The molecule has 1 saturated heterocycles. The quantitative estimate of drug-likeness (QED) is 0.828. The second kappa shape index (κ2) is 6.53. The Hall–Kier alpha value is -2.15. The van der Waals surface area contributed by atoms with Crippen molar-refractivity contribution in [2.75, 3.05) is 19.8 Å². The van der Waals surface area contributed by atoms with Crippen LogP contribution in [-0.2, 0) is 9.53 Å². The summed E-state index contributed by atoms with van der Waals surface area (Å²) in [6.45, 7) is 4.57. The summed E-state index contributed by atoms with van der Waals surface area (Å²) < 4.78 is 5.31. The molecule has 1 aliphatic rings. The molecule has 1 unspecified atom stereocenters. The molecular weight excluding hydrogens is 274 g/mol. The number of rotatable bonds is 3. The van der Waals surface area contributed by atoms with E-state index in [9.17, 15) is 14.7 Å². The number of nitrogens with zero attached hydrogens (tertiary/aromatic N) is 2.